The van der Waals surface area contributed by atoms with Gasteiger partial charge in [0, 0.05) is 18.9 Å². The van der Waals surface area contributed by atoms with Crippen LogP contribution in [0.15, 0.2) is 59.7 Å². The van der Waals surface area contributed by atoms with Gasteiger partial charge >= 0.3 is 0 Å². The van der Waals surface area contributed by atoms with E-state index in [9.17, 15) is 9.90 Å². The van der Waals surface area contributed by atoms with Gasteiger partial charge < -0.3 is 5.11 Å². The van der Waals surface area contributed by atoms with Crippen LogP contribution in [0, 0.1) is 6.92 Å². The Morgan fingerprint density at radius 2 is 2.00 bits per heavy atom. The van der Waals surface area contributed by atoms with E-state index < -0.39 is 0 Å². The predicted molar refractivity (Wildman–Crippen MR) is 95.8 cm³/mol. The Balaban J connectivity index is 1.86. The summed E-state index contributed by atoms with van der Waals surface area (Å²) < 4.78 is 0. The molecule has 1 unspecified atom stereocenters. The zero-order valence-electron chi connectivity index (χ0n) is 13.8. The first-order valence-corrected chi connectivity index (χ1v) is 7.95. The zero-order chi connectivity index (χ0) is 17.1. The van der Waals surface area contributed by atoms with E-state index in [2.05, 4.69) is 5.10 Å². The lowest BCUT2D eigenvalue weighted by atomic mass is 10.0. The Morgan fingerprint density at radius 1 is 1.25 bits per heavy atom. The second kappa shape index (κ2) is 6.71. The molecule has 1 heterocycles. The molecule has 0 saturated heterocycles. The minimum Gasteiger partial charge on any atom is -0.507 e. The van der Waals surface area contributed by atoms with Crippen molar-refractivity contribution in [2.24, 2.45) is 5.10 Å². The SMILES string of the molecule is CC(=O)N1N=C(c2ccc(C)cc2O)CC1/C=C/c1ccccc1. The number of rotatable bonds is 3. The first kappa shape index (κ1) is 16.0. The molecule has 0 bridgehead atoms. The summed E-state index contributed by atoms with van der Waals surface area (Å²) >= 11 is 0. The number of benzene rings is 2. The third kappa shape index (κ3) is 3.38. The highest BCUT2D eigenvalue weighted by Crippen LogP contribution is 2.27. The summed E-state index contributed by atoms with van der Waals surface area (Å²) in [5.74, 6) is 0.0873. The summed E-state index contributed by atoms with van der Waals surface area (Å²) in [6.45, 7) is 3.43. The minimum absolute atomic E-state index is 0.112. The molecule has 0 radical (unpaired) electrons. The fourth-order valence-electron chi connectivity index (χ4n) is 2.82. The Hall–Kier alpha value is -2.88. The molecule has 0 saturated carbocycles. The van der Waals surface area contributed by atoms with Crippen LogP contribution in [-0.4, -0.2) is 27.8 Å². The van der Waals surface area contributed by atoms with E-state index in [4.69, 9.17) is 0 Å². The summed E-state index contributed by atoms with van der Waals surface area (Å²) in [4.78, 5) is 11.9. The molecule has 1 N–H and O–H groups in total. The highest BCUT2D eigenvalue weighted by molar-refractivity contribution is 6.05. The van der Waals surface area contributed by atoms with Gasteiger partial charge in [0.25, 0.3) is 0 Å². The molecule has 0 fully saturated rings. The molecular weight excluding hydrogens is 300 g/mol. The maximum absolute atomic E-state index is 11.9. The van der Waals surface area contributed by atoms with Crippen molar-refractivity contribution in [1.82, 2.24) is 5.01 Å². The van der Waals surface area contributed by atoms with Crippen molar-refractivity contribution >= 4 is 17.7 Å². The van der Waals surface area contributed by atoms with Crippen molar-refractivity contribution in [3.05, 3.63) is 71.3 Å². The number of carbonyl (C=O) groups excluding carboxylic acids is 1. The number of amides is 1. The van der Waals surface area contributed by atoms with Gasteiger partial charge in [-0.2, -0.15) is 5.10 Å². The second-order valence-electron chi connectivity index (χ2n) is 5.97. The number of aromatic hydroxyl groups is 1. The number of carbonyl (C=O) groups is 1. The Bertz CT molecular complexity index is 810. The van der Waals surface area contributed by atoms with Gasteiger partial charge in [0.15, 0.2) is 0 Å². The van der Waals surface area contributed by atoms with Crippen LogP contribution >= 0.6 is 0 Å². The average molecular weight is 320 g/mol. The first-order valence-electron chi connectivity index (χ1n) is 7.95. The highest BCUT2D eigenvalue weighted by Gasteiger charge is 2.29. The van der Waals surface area contributed by atoms with Gasteiger partial charge in [-0.25, -0.2) is 5.01 Å². The van der Waals surface area contributed by atoms with Gasteiger partial charge in [0.1, 0.15) is 5.75 Å². The van der Waals surface area contributed by atoms with Crippen molar-refractivity contribution < 1.29 is 9.90 Å². The molecule has 3 rings (SSSR count). The van der Waals surface area contributed by atoms with Crippen molar-refractivity contribution in [3.63, 3.8) is 0 Å². The van der Waals surface area contributed by atoms with Crippen molar-refractivity contribution in [2.75, 3.05) is 0 Å². The third-order valence-corrected chi connectivity index (χ3v) is 4.04. The molecule has 4 nitrogen and oxygen atoms in total. The summed E-state index contributed by atoms with van der Waals surface area (Å²) in [5, 5.41) is 16.1. The molecule has 1 amide bonds. The number of hydrazone groups is 1. The van der Waals surface area contributed by atoms with Gasteiger partial charge in [-0.1, -0.05) is 48.6 Å². The van der Waals surface area contributed by atoms with Gasteiger partial charge in [-0.05, 0) is 30.2 Å². The van der Waals surface area contributed by atoms with Gasteiger partial charge in [-0.15, -0.1) is 0 Å². The zero-order valence-corrected chi connectivity index (χ0v) is 13.8. The fourth-order valence-corrected chi connectivity index (χ4v) is 2.82. The predicted octanol–water partition coefficient (Wildman–Crippen LogP) is 3.74. The van der Waals surface area contributed by atoms with E-state index in [1.165, 1.54) is 11.9 Å². The maximum atomic E-state index is 11.9. The molecular formula is C20H20N2O2. The lowest BCUT2D eigenvalue weighted by molar-refractivity contribution is -0.129. The summed E-state index contributed by atoms with van der Waals surface area (Å²) in [6, 6.07) is 15.3. The molecule has 1 aliphatic heterocycles. The molecule has 122 valence electrons. The lowest BCUT2D eigenvalue weighted by Gasteiger charge is -2.16. The molecule has 0 aromatic heterocycles. The van der Waals surface area contributed by atoms with Crippen LogP contribution in [0.25, 0.3) is 6.08 Å². The number of nitrogens with zero attached hydrogens (tertiary/aromatic N) is 2. The van der Waals surface area contributed by atoms with E-state index in [-0.39, 0.29) is 17.7 Å². The number of aryl methyl sites for hydroxylation is 1. The number of hydrogen-bond donors (Lipinski definition) is 1. The lowest BCUT2D eigenvalue weighted by Crippen LogP contribution is -2.29. The summed E-state index contributed by atoms with van der Waals surface area (Å²) in [7, 11) is 0. The van der Waals surface area contributed by atoms with Crippen LogP contribution in [0.2, 0.25) is 0 Å². The van der Waals surface area contributed by atoms with Crippen LogP contribution in [0.1, 0.15) is 30.0 Å². The molecule has 1 atom stereocenters. The molecule has 2 aromatic carbocycles. The van der Waals surface area contributed by atoms with E-state index in [1.807, 2.05) is 61.5 Å². The van der Waals surface area contributed by atoms with E-state index in [0.717, 1.165) is 16.8 Å². The normalized spacial score (nSPS) is 17.3. The third-order valence-electron chi connectivity index (χ3n) is 4.04. The van der Waals surface area contributed by atoms with Crippen LogP contribution in [0.5, 0.6) is 5.75 Å². The molecule has 2 aromatic rings. The highest BCUT2D eigenvalue weighted by atomic mass is 16.3. The van der Waals surface area contributed by atoms with Crippen molar-refractivity contribution in [3.8, 4) is 5.75 Å². The number of phenols is 1. The second-order valence-corrected chi connectivity index (χ2v) is 5.97. The van der Waals surface area contributed by atoms with E-state index >= 15 is 0 Å². The number of phenolic OH excluding ortho intramolecular Hbond substituents is 1. The smallest absolute Gasteiger partial charge is 0.240 e. The Kier molecular flexibility index (Phi) is 4.47. The summed E-state index contributed by atoms with van der Waals surface area (Å²) in [6.07, 6.45) is 4.56. The van der Waals surface area contributed by atoms with Gasteiger partial charge in [0.2, 0.25) is 5.91 Å². The van der Waals surface area contributed by atoms with E-state index in [1.54, 1.807) is 6.07 Å². The fraction of sp³-hybridized carbons (Fsp3) is 0.200. The monoisotopic (exact) mass is 320 g/mol. The molecule has 1 aliphatic rings. The molecule has 0 spiro atoms. The average Bonchev–Trinajstić information content (AvgIpc) is 2.98. The first-order chi connectivity index (χ1) is 11.5. The van der Waals surface area contributed by atoms with Crippen LogP contribution in [-0.2, 0) is 4.79 Å². The van der Waals surface area contributed by atoms with Crippen LogP contribution in [0.4, 0.5) is 0 Å². The topological polar surface area (TPSA) is 52.9 Å². The van der Waals surface area contributed by atoms with Gasteiger partial charge in [-0.3, -0.25) is 4.79 Å². The quantitative estimate of drug-likeness (QED) is 0.936. The van der Waals surface area contributed by atoms with Crippen LogP contribution in [0.3, 0.4) is 0 Å². The molecule has 24 heavy (non-hydrogen) atoms. The van der Waals surface area contributed by atoms with Crippen molar-refractivity contribution in [1.29, 1.82) is 0 Å². The Labute approximate surface area is 141 Å². The number of hydrogen-bond acceptors (Lipinski definition) is 3. The standard InChI is InChI=1S/C20H20N2O2/c1-14-8-11-18(20(24)12-14)19-13-17(22(21-19)15(2)23)10-9-16-6-4-3-5-7-16/h3-12,17,24H,13H2,1-2H3/b10-9+. The van der Waals surface area contributed by atoms with E-state index in [0.29, 0.717) is 12.0 Å². The van der Waals surface area contributed by atoms with Crippen LogP contribution < -0.4 is 0 Å². The largest absolute Gasteiger partial charge is 0.507 e. The summed E-state index contributed by atoms with van der Waals surface area (Å²) in [5.41, 5.74) is 3.47. The molecule has 4 heteroatoms. The van der Waals surface area contributed by atoms with Crippen molar-refractivity contribution in [2.45, 2.75) is 26.3 Å². The Morgan fingerprint density at radius 3 is 2.67 bits per heavy atom. The van der Waals surface area contributed by atoms with Gasteiger partial charge in [0.05, 0.1) is 11.8 Å². The minimum atomic E-state index is -0.140. The molecule has 0 aliphatic carbocycles. The maximum Gasteiger partial charge on any atom is 0.240 e.